The summed E-state index contributed by atoms with van der Waals surface area (Å²) < 4.78 is 11.6. The minimum Gasteiger partial charge on any atom is -0.495 e. The van der Waals surface area contributed by atoms with Gasteiger partial charge in [0.1, 0.15) is 34.1 Å². The van der Waals surface area contributed by atoms with Crippen molar-refractivity contribution in [1.82, 2.24) is 15.1 Å². The van der Waals surface area contributed by atoms with Crippen LogP contribution in [-0.2, 0) is 25.7 Å². The summed E-state index contributed by atoms with van der Waals surface area (Å²) in [5.41, 5.74) is 4.37. The van der Waals surface area contributed by atoms with Gasteiger partial charge >= 0.3 is 0 Å². The number of carbonyl (C=O) groups excluding carboxylic acids is 4. The summed E-state index contributed by atoms with van der Waals surface area (Å²) in [4.78, 5) is 52.7. The van der Waals surface area contributed by atoms with E-state index in [0.29, 0.717) is 30.9 Å². The van der Waals surface area contributed by atoms with Crippen LogP contribution >= 0.6 is 0 Å². The van der Waals surface area contributed by atoms with E-state index in [1.165, 1.54) is 4.90 Å². The highest BCUT2D eigenvalue weighted by atomic mass is 16.5. The van der Waals surface area contributed by atoms with Crippen molar-refractivity contribution in [3.05, 3.63) is 58.7 Å². The third kappa shape index (κ3) is 4.77. The Morgan fingerprint density at radius 2 is 1.92 bits per heavy atom. The van der Waals surface area contributed by atoms with Crippen LogP contribution < -0.4 is 15.5 Å². The number of amides is 4. The Bertz CT molecular complexity index is 1290. The molecule has 2 saturated heterocycles. The van der Waals surface area contributed by atoms with Crippen LogP contribution in [0.15, 0.2) is 36.4 Å². The van der Waals surface area contributed by atoms with E-state index in [4.69, 9.17) is 9.47 Å². The first-order valence-corrected chi connectivity index (χ1v) is 12.7. The Labute approximate surface area is 218 Å². The van der Waals surface area contributed by atoms with Crippen LogP contribution in [-0.4, -0.2) is 82.8 Å². The molecule has 2 aromatic carbocycles. The van der Waals surface area contributed by atoms with E-state index >= 15 is 0 Å². The van der Waals surface area contributed by atoms with Crippen LogP contribution in [0.5, 0.6) is 5.75 Å². The first-order chi connectivity index (χ1) is 17.7. The molecule has 4 amide bonds. The number of imide groups is 1. The van der Waals surface area contributed by atoms with E-state index in [-0.39, 0.29) is 49.2 Å². The Hall–Kier alpha value is -3.53. The van der Waals surface area contributed by atoms with Crippen LogP contribution in [0.25, 0.3) is 0 Å². The number of morpholine rings is 1. The number of carbonyl (C=O) groups is 4. The van der Waals surface area contributed by atoms with Crippen molar-refractivity contribution >= 4 is 52.6 Å². The van der Waals surface area contributed by atoms with Crippen molar-refractivity contribution in [2.24, 2.45) is 0 Å². The van der Waals surface area contributed by atoms with Gasteiger partial charge in [-0.25, -0.2) is 0 Å². The predicted octanol–water partition coefficient (Wildman–Crippen LogP) is -2.09. The van der Waals surface area contributed by atoms with Gasteiger partial charge in [-0.05, 0) is 29.7 Å². The van der Waals surface area contributed by atoms with Crippen molar-refractivity contribution in [1.29, 1.82) is 0 Å². The van der Waals surface area contributed by atoms with Crippen LogP contribution in [0.4, 0.5) is 0 Å². The largest absolute Gasteiger partial charge is 0.495 e. The van der Waals surface area contributed by atoms with Gasteiger partial charge in [0.2, 0.25) is 17.7 Å². The van der Waals surface area contributed by atoms with Crippen molar-refractivity contribution in [2.75, 3.05) is 19.8 Å². The highest BCUT2D eigenvalue weighted by Gasteiger charge is 2.40. The lowest BCUT2D eigenvalue weighted by Crippen LogP contribution is -2.52. The van der Waals surface area contributed by atoms with Gasteiger partial charge in [0.05, 0.1) is 19.2 Å². The summed E-state index contributed by atoms with van der Waals surface area (Å²) >= 11 is 0. The topological polar surface area (TPSA) is 105 Å². The molecule has 2 fully saturated rings. The molecule has 3 unspecified atom stereocenters. The van der Waals surface area contributed by atoms with E-state index < -0.39 is 11.9 Å². The van der Waals surface area contributed by atoms with E-state index in [0.717, 1.165) is 22.2 Å². The molecule has 37 heavy (non-hydrogen) atoms. The summed E-state index contributed by atoms with van der Waals surface area (Å²) in [6.07, 6.45) is 0.529. The smallest absolute Gasteiger partial charge is 0.255 e. The molecule has 0 saturated carbocycles. The van der Waals surface area contributed by atoms with Gasteiger partial charge in [0.15, 0.2) is 7.85 Å². The zero-order valence-electron chi connectivity index (χ0n) is 21.3. The third-order valence-corrected chi connectivity index (χ3v) is 7.55. The normalized spacial score (nSPS) is 21.5. The number of ether oxygens (including phenoxy) is 2. The van der Waals surface area contributed by atoms with Crippen LogP contribution in [0.2, 0.25) is 0 Å². The average molecular weight is 499 g/mol. The van der Waals surface area contributed by atoms with Gasteiger partial charge < -0.3 is 19.3 Å². The summed E-state index contributed by atoms with van der Waals surface area (Å²) in [5, 5.41) is 2.33. The van der Waals surface area contributed by atoms with Gasteiger partial charge in [-0.15, -0.1) is 0 Å². The van der Waals surface area contributed by atoms with E-state index in [1.54, 1.807) is 12.1 Å². The molecular weight excluding hydrogens is 471 g/mol. The lowest BCUT2D eigenvalue weighted by molar-refractivity contribution is -0.143. The van der Waals surface area contributed by atoms with Crippen molar-refractivity contribution in [3.8, 4) is 5.75 Å². The van der Waals surface area contributed by atoms with E-state index in [1.807, 2.05) is 46.6 Å². The number of benzene rings is 2. The maximum atomic E-state index is 13.1. The molecule has 0 bridgehead atoms. The highest BCUT2D eigenvalue weighted by molar-refractivity contribution is 6.34. The fourth-order valence-corrected chi connectivity index (χ4v) is 5.46. The first kappa shape index (κ1) is 25.1. The molecule has 0 aliphatic carbocycles. The quantitative estimate of drug-likeness (QED) is 0.362. The Balaban J connectivity index is 1.32. The molecule has 3 heterocycles. The van der Waals surface area contributed by atoms with Crippen molar-refractivity contribution in [3.63, 3.8) is 0 Å². The van der Waals surface area contributed by atoms with E-state index in [9.17, 15) is 19.2 Å². The number of hydrogen-bond acceptors (Lipinski definition) is 6. The summed E-state index contributed by atoms with van der Waals surface area (Å²) in [6.45, 7) is 1.50. The lowest BCUT2D eigenvalue weighted by Gasteiger charge is -2.33. The van der Waals surface area contributed by atoms with E-state index in [2.05, 4.69) is 11.4 Å². The summed E-state index contributed by atoms with van der Waals surface area (Å²) in [7, 11) is 6.01. The molecule has 3 aliphatic rings. The molecule has 3 aliphatic heterocycles. The van der Waals surface area contributed by atoms with Crippen LogP contribution in [0.1, 0.15) is 51.8 Å². The van der Waals surface area contributed by atoms with Gasteiger partial charge in [-0.3, -0.25) is 24.5 Å². The molecule has 0 radical (unpaired) electrons. The highest BCUT2D eigenvalue weighted by Crippen LogP contribution is 2.35. The predicted molar refractivity (Wildman–Crippen MR) is 143 cm³/mol. The van der Waals surface area contributed by atoms with Crippen molar-refractivity contribution < 1.29 is 28.7 Å². The maximum absolute atomic E-state index is 13.1. The zero-order valence-corrected chi connectivity index (χ0v) is 21.3. The Morgan fingerprint density at radius 3 is 2.65 bits per heavy atom. The first-order valence-electron chi connectivity index (χ1n) is 12.7. The Morgan fingerprint density at radius 1 is 1.11 bits per heavy atom. The Kier molecular flexibility index (Phi) is 6.85. The number of hydrogen-bond donors (Lipinski definition) is 1. The molecule has 1 N–H and O–H groups in total. The standard InChI is InChI=1S/C25H28B3N3O6/c26-17-10-13(22(27)30-8-9-36-12-21(30)33)4-5-15(17)23(28)37-19-3-1-2-14-16(19)11-31(25(14)35)18-6-7-20(32)29-24(18)34/h1-5,10,18,22-23H,6-9,11-12,26-28H2,(H,29,32,34). The van der Waals surface area contributed by atoms with Crippen LogP contribution in [0.3, 0.4) is 0 Å². The number of nitrogens with zero attached hydrogens (tertiary/aromatic N) is 2. The van der Waals surface area contributed by atoms with Gasteiger partial charge in [0.25, 0.3) is 5.91 Å². The molecule has 12 heteroatoms. The monoisotopic (exact) mass is 499 g/mol. The second kappa shape index (κ2) is 10.1. The minimum absolute atomic E-state index is 0.00369. The number of rotatable bonds is 6. The molecule has 2 aromatic rings. The fraction of sp³-hybridized carbons (Fsp3) is 0.360. The summed E-state index contributed by atoms with van der Waals surface area (Å²) in [5.74, 6) is -0.427. The average Bonchev–Trinajstić information content (AvgIpc) is 3.21. The van der Waals surface area contributed by atoms with Gasteiger partial charge in [-0.1, -0.05) is 29.7 Å². The van der Waals surface area contributed by atoms with Crippen molar-refractivity contribution in [2.45, 2.75) is 37.4 Å². The van der Waals surface area contributed by atoms with Gasteiger partial charge in [-0.2, -0.15) is 0 Å². The second-order valence-electron chi connectivity index (χ2n) is 9.87. The SMILES string of the molecule is Bc1cc(C(B)N2CCOCC2=O)ccc1C(B)Oc1cccc2c1CN(C1CCC(=O)NC1=O)C2=O. The summed E-state index contributed by atoms with van der Waals surface area (Å²) in [6, 6.07) is 10.6. The molecule has 0 spiro atoms. The molecular formula is C25H28B3N3O6. The minimum atomic E-state index is -0.669. The van der Waals surface area contributed by atoms with Gasteiger partial charge in [0, 0.05) is 30.0 Å². The second-order valence-corrected chi connectivity index (χ2v) is 9.87. The fourth-order valence-electron chi connectivity index (χ4n) is 5.46. The molecule has 5 rings (SSSR count). The lowest BCUT2D eigenvalue weighted by atomic mass is 9.77. The molecule has 9 nitrogen and oxygen atoms in total. The third-order valence-electron chi connectivity index (χ3n) is 7.55. The maximum Gasteiger partial charge on any atom is 0.255 e. The van der Waals surface area contributed by atoms with Crippen LogP contribution in [0, 0.1) is 0 Å². The molecule has 3 atom stereocenters. The molecule has 0 aromatic heterocycles. The number of piperidine rings is 1. The number of nitrogens with one attached hydrogen (secondary N) is 1. The molecule has 188 valence electrons. The number of fused-ring (bicyclic) bond motifs is 1. The zero-order chi connectivity index (χ0) is 26.3.